The number of carboxylic acids is 1. The number of aliphatic hydroxyl groups is 2. The zero-order valence-corrected chi connectivity index (χ0v) is 24.0. The monoisotopic (exact) mass is 590 g/mol. The van der Waals surface area contributed by atoms with Crippen LogP contribution in [-0.2, 0) is 24.8 Å². The summed E-state index contributed by atoms with van der Waals surface area (Å²) in [6, 6.07) is 23.6. The molecule has 0 aliphatic carbocycles. The fourth-order valence-corrected chi connectivity index (χ4v) is 7.28. The highest BCUT2D eigenvalue weighted by molar-refractivity contribution is 6.07. The number of hydrogen-bond donors (Lipinski definition) is 3. The molecule has 10 heteroatoms. The van der Waals surface area contributed by atoms with E-state index in [9.17, 15) is 19.4 Å². The van der Waals surface area contributed by atoms with E-state index in [0.29, 0.717) is 29.8 Å². The van der Waals surface area contributed by atoms with Gasteiger partial charge >= 0.3 is 5.97 Å². The van der Waals surface area contributed by atoms with Gasteiger partial charge in [0, 0.05) is 17.8 Å². The molecule has 3 aromatic rings. The van der Waals surface area contributed by atoms with E-state index in [1.165, 1.54) is 34.2 Å². The Balaban J connectivity index is 1.49. The molecule has 0 saturated carbocycles. The Morgan fingerprint density at radius 1 is 1.00 bits per heavy atom. The lowest BCUT2D eigenvalue weighted by atomic mass is 9.57. The standard InChI is InChI=1S/C33H35FN2O7/c1-21(2)31-18-17-27(19-26(37)20-28(38)39)42-30(31)36-33(43-36,32(31,41)22-13-15-23(34)16-14-22)29(40)35(24-9-5-3-6-10-24)25-11-7-4-8-12-25/h3-16,21,26-27,30,37,41H,17-20H2,1-2H3,(H,38,39)/t26?,27-,30?,31?,32-,33?,36?/m1/s1. The van der Waals surface area contributed by atoms with Crippen molar-refractivity contribution in [2.75, 3.05) is 4.90 Å². The summed E-state index contributed by atoms with van der Waals surface area (Å²) in [7, 11) is 0. The van der Waals surface area contributed by atoms with Crippen molar-refractivity contribution in [1.29, 1.82) is 0 Å². The minimum absolute atomic E-state index is 0.0703. The number of carboxylic acid groups (broad SMARTS) is 1. The number of carbonyl (C=O) groups excluding carboxylic acids is 1. The predicted molar refractivity (Wildman–Crippen MR) is 154 cm³/mol. The Hall–Kier alpha value is -3.67. The van der Waals surface area contributed by atoms with Crippen LogP contribution in [0.4, 0.5) is 15.8 Å². The normalized spacial score (nSPS) is 31.6. The van der Waals surface area contributed by atoms with E-state index >= 15 is 4.79 Å². The lowest BCUT2D eigenvalue weighted by Gasteiger charge is -2.53. The van der Waals surface area contributed by atoms with Gasteiger partial charge in [0.2, 0.25) is 0 Å². The van der Waals surface area contributed by atoms with Crippen molar-refractivity contribution >= 4 is 23.3 Å². The first-order chi connectivity index (χ1) is 20.6. The summed E-state index contributed by atoms with van der Waals surface area (Å²) in [5.74, 6) is -2.40. The van der Waals surface area contributed by atoms with Gasteiger partial charge in [-0.2, -0.15) is 0 Å². The Morgan fingerprint density at radius 3 is 2.12 bits per heavy atom. The van der Waals surface area contributed by atoms with Crippen LogP contribution in [0.3, 0.4) is 0 Å². The molecule has 1 amide bonds. The van der Waals surface area contributed by atoms with Crippen molar-refractivity contribution in [3.63, 3.8) is 0 Å². The summed E-state index contributed by atoms with van der Waals surface area (Å²) in [4.78, 5) is 33.9. The Kier molecular flexibility index (Phi) is 7.38. The SMILES string of the molecule is CC(C)C12CC[C@H](CC(O)CC(=O)O)OC1N1OC1(C(=O)N(c1ccccc1)c1ccccc1)[C@@]2(O)c1ccc(F)cc1. The molecular weight excluding hydrogens is 555 g/mol. The lowest BCUT2D eigenvalue weighted by molar-refractivity contribution is -0.271. The van der Waals surface area contributed by atoms with E-state index in [0.717, 1.165) is 0 Å². The lowest BCUT2D eigenvalue weighted by Crippen LogP contribution is -2.63. The molecule has 7 atom stereocenters. The smallest absolute Gasteiger partial charge is 0.305 e. The largest absolute Gasteiger partial charge is 0.481 e. The van der Waals surface area contributed by atoms with Crippen LogP contribution < -0.4 is 4.90 Å². The summed E-state index contributed by atoms with van der Waals surface area (Å²) in [6.45, 7) is 3.89. The van der Waals surface area contributed by atoms with Crippen LogP contribution in [0.2, 0.25) is 0 Å². The van der Waals surface area contributed by atoms with Gasteiger partial charge in [0.05, 0.1) is 24.0 Å². The van der Waals surface area contributed by atoms with E-state index in [-0.39, 0.29) is 12.3 Å². The number of hydroxylamine groups is 2. The summed E-state index contributed by atoms with van der Waals surface area (Å²) in [5.41, 5.74) is -3.57. The number of aliphatic hydroxyl groups excluding tert-OH is 1. The molecule has 3 saturated heterocycles. The van der Waals surface area contributed by atoms with E-state index in [1.54, 1.807) is 24.3 Å². The number of rotatable bonds is 9. The molecule has 0 bridgehead atoms. The third kappa shape index (κ3) is 4.39. The van der Waals surface area contributed by atoms with Crippen molar-refractivity contribution in [3.8, 4) is 0 Å². The number of benzene rings is 3. The minimum atomic E-state index is -1.99. The molecule has 0 radical (unpaired) electrons. The highest BCUT2D eigenvalue weighted by atomic mass is 19.1. The second kappa shape index (κ2) is 10.8. The van der Waals surface area contributed by atoms with Crippen LogP contribution in [0, 0.1) is 17.2 Å². The molecule has 3 fully saturated rings. The van der Waals surface area contributed by atoms with Crippen LogP contribution in [0.5, 0.6) is 0 Å². The molecule has 0 aromatic heterocycles. The van der Waals surface area contributed by atoms with Gasteiger partial charge in [-0.3, -0.25) is 19.3 Å². The van der Waals surface area contributed by atoms with Crippen LogP contribution in [-0.4, -0.2) is 56.4 Å². The molecular formula is C33H35FN2O7. The van der Waals surface area contributed by atoms with Crippen LogP contribution in [0.1, 0.15) is 45.1 Å². The average molecular weight is 591 g/mol. The quantitative estimate of drug-likeness (QED) is 0.307. The topological polar surface area (TPSA) is 123 Å². The number of fused-ring (bicyclic) bond motifs is 3. The van der Waals surface area contributed by atoms with Crippen LogP contribution in [0.15, 0.2) is 84.9 Å². The van der Waals surface area contributed by atoms with Gasteiger partial charge in [0.25, 0.3) is 11.6 Å². The first-order valence-electron chi connectivity index (χ1n) is 14.5. The summed E-state index contributed by atoms with van der Waals surface area (Å²) in [5, 5.41) is 34.1. The number of amides is 1. The number of nitrogens with zero attached hydrogens (tertiary/aromatic N) is 2. The fraction of sp³-hybridized carbons (Fsp3) is 0.394. The Morgan fingerprint density at radius 2 is 1.58 bits per heavy atom. The van der Waals surface area contributed by atoms with E-state index in [2.05, 4.69) is 0 Å². The Labute approximate surface area is 249 Å². The molecule has 43 heavy (non-hydrogen) atoms. The molecule has 3 aliphatic rings. The average Bonchev–Trinajstić information content (AvgIpc) is 3.71. The van der Waals surface area contributed by atoms with Gasteiger partial charge in [-0.25, -0.2) is 4.39 Å². The van der Waals surface area contributed by atoms with Crippen LogP contribution >= 0.6 is 0 Å². The van der Waals surface area contributed by atoms with Crippen molar-refractivity contribution in [2.24, 2.45) is 11.3 Å². The highest BCUT2D eigenvalue weighted by Crippen LogP contribution is 2.73. The molecule has 0 spiro atoms. The highest BCUT2D eigenvalue weighted by Gasteiger charge is 2.91. The van der Waals surface area contributed by atoms with Crippen molar-refractivity contribution < 1.29 is 38.9 Å². The van der Waals surface area contributed by atoms with Gasteiger partial charge < -0.3 is 20.1 Å². The zero-order chi connectivity index (χ0) is 30.6. The molecule has 226 valence electrons. The number of anilines is 2. The van der Waals surface area contributed by atoms with Crippen molar-refractivity contribution in [3.05, 3.63) is 96.3 Å². The maximum absolute atomic E-state index is 15.0. The molecule has 3 aromatic carbocycles. The second-order valence-corrected chi connectivity index (χ2v) is 11.9. The molecule has 3 N–H and O–H groups in total. The first-order valence-corrected chi connectivity index (χ1v) is 14.5. The molecule has 6 rings (SSSR count). The van der Waals surface area contributed by atoms with E-state index in [1.807, 2.05) is 50.2 Å². The fourth-order valence-electron chi connectivity index (χ4n) is 7.28. The first kappa shape index (κ1) is 29.4. The maximum Gasteiger partial charge on any atom is 0.305 e. The van der Waals surface area contributed by atoms with Gasteiger partial charge in [0.1, 0.15) is 12.0 Å². The third-order valence-corrected chi connectivity index (χ3v) is 9.29. The number of ether oxygens (including phenoxy) is 1. The Bertz CT molecular complexity index is 1450. The number of halogens is 1. The predicted octanol–water partition coefficient (Wildman–Crippen LogP) is 4.71. The van der Waals surface area contributed by atoms with Gasteiger partial charge in [-0.15, -0.1) is 5.06 Å². The maximum atomic E-state index is 15.0. The summed E-state index contributed by atoms with van der Waals surface area (Å²) in [6.07, 6.45) is -2.17. The molecule has 9 nitrogen and oxygen atoms in total. The number of aliphatic carboxylic acids is 1. The third-order valence-electron chi connectivity index (χ3n) is 9.29. The number of para-hydroxylation sites is 2. The van der Waals surface area contributed by atoms with Crippen LogP contribution in [0.25, 0.3) is 0 Å². The zero-order valence-electron chi connectivity index (χ0n) is 24.0. The number of carbonyl (C=O) groups is 2. The second-order valence-electron chi connectivity index (χ2n) is 11.9. The van der Waals surface area contributed by atoms with Crippen molar-refractivity contribution in [2.45, 2.75) is 69.3 Å². The molecule has 3 aliphatic heterocycles. The molecule has 3 heterocycles. The summed E-state index contributed by atoms with van der Waals surface area (Å²) >= 11 is 0. The van der Waals surface area contributed by atoms with Gasteiger partial charge in [-0.1, -0.05) is 62.4 Å². The minimum Gasteiger partial charge on any atom is -0.481 e. The van der Waals surface area contributed by atoms with E-state index < -0.39 is 59.3 Å². The summed E-state index contributed by atoms with van der Waals surface area (Å²) < 4.78 is 20.7. The number of hydrogen-bond acceptors (Lipinski definition) is 7. The molecule has 5 unspecified atom stereocenters. The van der Waals surface area contributed by atoms with Gasteiger partial charge in [-0.05, 0) is 60.7 Å². The van der Waals surface area contributed by atoms with E-state index in [4.69, 9.17) is 14.7 Å². The van der Waals surface area contributed by atoms with Crippen molar-refractivity contribution in [1.82, 2.24) is 5.06 Å². The van der Waals surface area contributed by atoms with Gasteiger partial charge in [0.15, 0.2) is 5.60 Å².